The number of benzene rings is 3. The van der Waals surface area contributed by atoms with Gasteiger partial charge in [-0.1, -0.05) is 42.0 Å². The van der Waals surface area contributed by atoms with Gasteiger partial charge in [-0.2, -0.15) is 5.10 Å². The first-order chi connectivity index (χ1) is 17.0. The SMILES string of the molecule is COc1ccc(C(=O)[C@@H]2[C@@H]3C(=O)N(c4ccc(C)cc4)C(=O)[C@H]3[C@@H]3c4ccccc4C=NN23)cc1. The van der Waals surface area contributed by atoms with Gasteiger partial charge in [-0.05, 0) is 54.4 Å². The molecule has 7 heteroatoms. The molecule has 0 bridgehead atoms. The van der Waals surface area contributed by atoms with E-state index in [9.17, 15) is 14.4 Å². The van der Waals surface area contributed by atoms with Crippen molar-refractivity contribution in [3.8, 4) is 5.75 Å². The zero-order valence-corrected chi connectivity index (χ0v) is 19.3. The zero-order valence-electron chi connectivity index (χ0n) is 19.3. The highest BCUT2D eigenvalue weighted by atomic mass is 16.5. The Bertz CT molecular complexity index is 1380. The molecule has 2 fully saturated rings. The summed E-state index contributed by atoms with van der Waals surface area (Å²) in [5.41, 5.74) is 3.78. The van der Waals surface area contributed by atoms with Crippen LogP contribution in [0.3, 0.4) is 0 Å². The smallest absolute Gasteiger partial charge is 0.240 e. The van der Waals surface area contributed by atoms with Crippen molar-refractivity contribution in [3.63, 3.8) is 0 Å². The van der Waals surface area contributed by atoms with Crippen LogP contribution < -0.4 is 9.64 Å². The molecule has 3 heterocycles. The van der Waals surface area contributed by atoms with E-state index < -0.39 is 23.9 Å². The number of aryl methyl sites for hydroxylation is 1. The molecule has 2 saturated heterocycles. The third-order valence-corrected chi connectivity index (χ3v) is 7.23. The lowest BCUT2D eigenvalue weighted by Gasteiger charge is -2.33. The summed E-state index contributed by atoms with van der Waals surface area (Å²) in [6, 6.07) is 20.4. The summed E-state index contributed by atoms with van der Waals surface area (Å²) in [4.78, 5) is 42.8. The highest BCUT2D eigenvalue weighted by molar-refractivity contribution is 6.24. The predicted octanol–water partition coefficient (Wildman–Crippen LogP) is 3.77. The van der Waals surface area contributed by atoms with Crippen LogP contribution in [-0.2, 0) is 9.59 Å². The van der Waals surface area contributed by atoms with Crippen molar-refractivity contribution < 1.29 is 19.1 Å². The Morgan fingerprint density at radius 3 is 2.29 bits per heavy atom. The summed E-state index contributed by atoms with van der Waals surface area (Å²) in [6.45, 7) is 1.95. The molecule has 0 saturated carbocycles. The lowest BCUT2D eigenvalue weighted by atomic mass is 9.83. The van der Waals surface area contributed by atoms with E-state index in [0.717, 1.165) is 16.7 Å². The minimum Gasteiger partial charge on any atom is -0.497 e. The molecule has 2 amide bonds. The standard InChI is InChI=1S/C28H23N3O4/c1-16-7-11-19(12-8-16)30-27(33)22-23(28(30)34)25(26(32)17-9-13-20(35-2)14-10-17)31-24(22)21-6-4-3-5-18(21)15-29-31/h3-15,22-25H,1-2H3/t22-,23-,24+,25+/m1/s1. The first kappa shape index (κ1) is 21.3. The van der Waals surface area contributed by atoms with E-state index in [2.05, 4.69) is 5.10 Å². The van der Waals surface area contributed by atoms with Crippen LogP contribution in [0.2, 0.25) is 0 Å². The number of nitrogens with zero attached hydrogens (tertiary/aromatic N) is 3. The molecule has 3 aromatic carbocycles. The Morgan fingerprint density at radius 1 is 0.886 bits per heavy atom. The molecule has 3 aromatic rings. The fourth-order valence-electron chi connectivity index (χ4n) is 5.54. The Balaban J connectivity index is 1.47. The fourth-order valence-corrected chi connectivity index (χ4v) is 5.54. The molecule has 3 aliphatic heterocycles. The third-order valence-electron chi connectivity index (χ3n) is 7.23. The van der Waals surface area contributed by atoms with Crippen molar-refractivity contribution in [1.29, 1.82) is 0 Å². The maximum atomic E-state index is 13.9. The molecule has 0 aliphatic carbocycles. The maximum Gasteiger partial charge on any atom is 0.240 e. The zero-order chi connectivity index (χ0) is 24.3. The first-order valence-corrected chi connectivity index (χ1v) is 11.5. The van der Waals surface area contributed by atoms with Gasteiger partial charge in [-0.3, -0.25) is 19.4 Å². The van der Waals surface area contributed by atoms with Gasteiger partial charge < -0.3 is 4.74 Å². The van der Waals surface area contributed by atoms with E-state index >= 15 is 0 Å². The molecule has 0 N–H and O–H groups in total. The largest absolute Gasteiger partial charge is 0.497 e. The highest BCUT2D eigenvalue weighted by Gasteiger charge is 2.65. The monoisotopic (exact) mass is 465 g/mol. The van der Waals surface area contributed by atoms with Crippen molar-refractivity contribution in [2.24, 2.45) is 16.9 Å². The summed E-state index contributed by atoms with van der Waals surface area (Å²) >= 11 is 0. The van der Waals surface area contributed by atoms with Crippen molar-refractivity contribution in [3.05, 3.63) is 95.1 Å². The molecular weight excluding hydrogens is 442 g/mol. The van der Waals surface area contributed by atoms with Crippen molar-refractivity contribution in [1.82, 2.24) is 5.01 Å². The summed E-state index contributed by atoms with van der Waals surface area (Å²) < 4.78 is 5.22. The van der Waals surface area contributed by atoms with Crippen LogP contribution in [0.4, 0.5) is 5.69 Å². The Morgan fingerprint density at radius 2 is 1.57 bits per heavy atom. The van der Waals surface area contributed by atoms with Gasteiger partial charge in [-0.15, -0.1) is 0 Å². The lowest BCUT2D eigenvalue weighted by Crippen LogP contribution is -2.44. The summed E-state index contributed by atoms with van der Waals surface area (Å²) in [7, 11) is 1.56. The number of imide groups is 1. The second-order valence-electron chi connectivity index (χ2n) is 9.13. The van der Waals surface area contributed by atoms with Gasteiger partial charge in [-0.25, -0.2) is 4.90 Å². The average Bonchev–Trinajstić information content (AvgIpc) is 3.37. The van der Waals surface area contributed by atoms with Crippen molar-refractivity contribution in [2.45, 2.75) is 19.0 Å². The second-order valence-corrected chi connectivity index (χ2v) is 9.13. The number of methoxy groups -OCH3 is 1. The second kappa shape index (κ2) is 7.91. The van der Waals surface area contributed by atoms with Crippen LogP contribution in [0, 0.1) is 18.8 Å². The quantitative estimate of drug-likeness (QED) is 0.433. The number of rotatable bonds is 4. The number of fused-ring (bicyclic) bond motifs is 5. The van der Waals surface area contributed by atoms with Gasteiger partial charge >= 0.3 is 0 Å². The van der Waals surface area contributed by atoms with E-state index in [1.54, 1.807) is 54.7 Å². The molecule has 3 aliphatic rings. The summed E-state index contributed by atoms with van der Waals surface area (Å²) in [6.07, 6.45) is 1.70. The molecule has 0 radical (unpaired) electrons. The van der Waals surface area contributed by atoms with Gasteiger partial charge in [0, 0.05) is 5.56 Å². The molecule has 0 spiro atoms. The van der Waals surface area contributed by atoms with E-state index in [1.807, 2.05) is 43.3 Å². The first-order valence-electron chi connectivity index (χ1n) is 11.5. The molecule has 0 aromatic heterocycles. The van der Waals surface area contributed by atoms with Crippen LogP contribution in [-0.4, -0.2) is 42.0 Å². The van der Waals surface area contributed by atoms with Crippen molar-refractivity contribution in [2.75, 3.05) is 12.0 Å². The highest BCUT2D eigenvalue weighted by Crippen LogP contribution is 2.53. The number of hydrazone groups is 1. The number of hydrogen-bond donors (Lipinski definition) is 0. The number of hydrogen-bond acceptors (Lipinski definition) is 6. The Labute approximate surface area is 202 Å². The molecule has 174 valence electrons. The van der Waals surface area contributed by atoms with Gasteiger partial charge in [0.25, 0.3) is 0 Å². The third kappa shape index (κ3) is 3.11. The van der Waals surface area contributed by atoms with Crippen LogP contribution in [0.25, 0.3) is 0 Å². The van der Waals surface area contributed by atoms with E-state index in [1.165, 1.54) is 4.90 Å². The summed E-state index contributed by atoms with van der Waals surface area (Å²) in [5, 5.41) is 6.27. The molecule has 0 unspecified atom stereocenters. The van der Waals surface area contributed by atoms with Gasteiger partial charge in [0.2, 0.25) is 11.8 Å². The van der Waals surface area contributed by atoms with Crippen LogP contribution >= 0.6 is 0 Å². The molecule has 4 atom stereocenters. The number of carbonyl (C=O) groups excluding carboxylic acids is 3. The minimum absolute atomic E-state index is 0.242. The number of Topliss-reactive ketones (excluding diaryl/α,β-unsaturated/α-hetero) is 1. The van der Waals surface area contributed by atoms with Gasteiger partial charge in [0.05, 0.1) is 36.9 Å². The van der Waals surface area contributed by atoms with Crippen LogP contribution in [0.5, 0.6) is 5.75 Å². The predicted molar refractivity (Wildman–Crippen MR) is 130 cm³/mol. The topological polar surface area (TPSA) is 79.3 Å². The summed E-state index contributed by atoms with van der Waals surface area (Å²) in [5.74, 6) is -1.82. The lowest BCUT2D eigenvalue weighted by molar-refractivity contribution is -0.124. The van der Waals surface area contributed by atoms with E-state index in [0.29, 0.717) is 17.0 Å². The van der Waals surface area contributed by atoms with Crippen LogP contribution in [0.15, 0.2) is 77.9 Å². The number of ketones is 1. The fraction of sp³-hybridized carbons (Fsp3) is 0.214. The number of anilines is 1. The van der Waals surface area contributed by atoms with Crippen molar-refractivity contribution >= 4 is 29.5 Å². The molecule has 6 rings (SSSR count). The molecular formula is C28H23N3O4. The van der Waals surface area contributed by atoms with E-state index in [-0.39, 0.29) is 17.6 Å². The molecule has 7 nitrogen and oxygen atoms in total. The van der Waals surface area contributed by atoms with Gasteiger partial charge in [0.1, 0.15) is 11.8 Å². The maximum absolute atomic E-state index is 13.9. The number of amides is 2. The van der Waals surface area contributed by atoms with E-state index in [4.69, 9.17) is 4.74 Å². The Hall–Kier alpha value is -4.26. The number of carbonyl (C=O) groups is 3. The average molecular weight is 466 g/mol. The minimum atomic E-state index is -0.894. The van der Waals surface area contributed by atoms with Gasteiger partial charge in [0.15, 0.2) is 5.78 Å². The number of ether oxygens (including phenoxy) is 1. The van der Waals surface area contributed by atoms with Crippen LogP contribution in [0.1, 0.15) is 33.1 Å². The molecule has 35 heavy (non-hydrogen) atoms. The Kier molecular flexibility index (Phi) is 4.81. The normalized spacial score (nSPS) is 24.3.